The Morgan fingerprint density at radius 3 is 2.84 bits per heavy atom. The molecule has 0 aliphatic carbocycles. The average Bonchev–Trinajstić information content (AvgIpc) is 3.02. The molecule has 0 aliphatic rings. The van der Waals surface area contributed by atoms with E-state index in [4.69, 9.17) is 4.74 Å². The van der Waals surface area contributed by atoms with E-state index in [0.29, 0.717) is 13.2 Å². The molecular weight excluding hydrogens is 429 g/mol. The van der Waals surface area contributed by atoms with E-state index in [1.165, 1.54) is 0 Å². The largest absolute Gasteiger partial charge is 0.489 e. The molecule has 0 unspecified atom stereocenters. The fraction of sp³-hybridized carbons (Fsp3) is 0.333. The molecule has 0 fully saturated rings. The van der Waals surface area contributed by atoms with Gasteiger partial charge < -0.3 is 15.4 Å². The molecule has 25 heavy (non-hydrogen) atoms. The molecule has 6 nitrogen and oxygen atoms in total. The number of ether oxygens (including phenoxy) is 1. The van der Waals surface area contributed by atoms with Crippen molar-refractivity contribution in [3.05, 3.63) is 60.4 Å². The number of para-hydroxylation sites is 1. The number of aliphatic imine (C=N–C) groups is 1. The van der Waals surface area contributed by atoms with Gasteiger partial charge in [0.1, 0.15) is 12.4 Å². The van der Waals surface area contributed by atoms with Gasteiger partial charge in [-0.25, -0.2) is 0 Å². The summed E-state index contributed by atoms with van der Waals surface area (Å²) in [5.41, 5.74) is 2.23. The topological polar surface area (TPSA) is 63.5 Å². The summed E-state index contributed by atoms with van der Waals surface area (Å²) in [5.74, 6) is 1.60. The highest BCUT2D eigenvalue weighted by molar-refractivity contribution is 14.0. The summed E-state index contributed by atoms with van der Waals surface area (Å²) in [6.45, 7) is 8.36. The molecule has 0 saturated heterocycles. The van der Waals surface area contributed by atoms with Crippen LogP contribution in [-0.2, 0) is 13.1 Å². The lowest BCUT2D eigenvalue weighted by Gasteiger charge is -2.14. The zero-order chi connectivity index (χ0) is 17.2. The van der Waals surface area contributed by atoms with Gasteiger partial charge in [0.25, 0.3) is 0 Å². The molecule has 1 heterocycles. The summed E-state index contributed by atoms with van der Waals surface area (Å²) >= 11 is 0. The monoisotopic (exact) mass is 455 g/mol. The van der Waals surface area contributed by atoms with Crippen LogP contribution in [0.2, 0.25) is 0 Å². The third kappa shape index (κ3) is 7.16. The van der Waals surface area contributed by atoms with Crippen LogP contribution in [0.25, 0.3) is 0 Å². The SMILES string of the molecule is C=CCOc1ccccc1CNC(=NC)NCCn1cc(C)cn1.I. The van der Waals surface area contributed by atoms with Crippen molar-refractivity contribution in [2.24, 2.45) is 4.99 Å². The second-order valence-electron chi connectivity index (χ2n) is 5.34. The maximum absolute atomic E-state index is 5.66. The maximum atomic E-state index is 5.66. The molecule has 0 amide bonds. The highest BCUT2D eigenvalue weighted by atomic mass is 127. The number of benzene rings is 1. The van der Waals surface area contributed by atoms with Gasteiger partial charge in [0, 0.05) is 31.9 Å². The Morgan fingerprint density at radius 1 is 1.36 bits per heavy atom. The fourth-order valence-electron chi connectivity index (χ4n) is 2.22. The molecule has 0 bridgehead atoms. The molecule has 2 rings (SSSR count). The smallest absolute Gasteiger partial charge is 0.191 e. The zero-order valence-corrected chi connectivity index (χ0v) is 17.1. The van der Waals surface area contributed by atoms with E-state index >= 15 is 0 Å². The van der Waals surface area contributed by atoms with Gasteiger partial charge in [0.2, 0.25) is 0 Å². The number of aryl methyl sites for hydroxylation is 1. The quantitative estimate of drug-likeness (QED) is 0.278. The first-order valence-corrected chi connectivity index (χ1v) is 7.98. The first-order valence-electron chi connectivity index (χ1n) is 7.98. The van der Waals surface area contributed by atoms with Gasteiger partial charge >= 0.3 is 0 Å². The molecule has 0 atom stereocenters. The number of nitrogens with zero attached hydrogens (tertiary/aromatic N) is 3. The van der Waals surface area contributed by atoms with Crippen LogP contribution in [0.15, 0.2) is 54.3 Å². The minimum absolute atomic E-state index is 0. The van der Waals surface area contributed by atoms with Gasteiger partial charge in [-0.05, 0) is 18.6 Å². The average molecular weight is 455 g/mol. The minimum Gasteiger partial charge on any atom is -0.489 e. The Balaban J connectivity index is 0.00000312. The molecule has 0 saturated carbocycles. The molecule has 1 aromatic carbocycles. The third-order valence-corrected chi connectivity index (χ3v) is 3.39. The van der Waals surface area contributed by atoms with Gasteiger partial charge in [-0.3, -0.25) is 9.67 Å². The van der Waals surface area contributed by atoms with Crippen molar-refractivity contribution < 1.29 is 4.74 Å². The number of guanidine groups is 1. The fourth-order valence-corrected chi connectivity index (χ4v) is 2.22. The standard InChI is InChI=1S/C18H25N5O.HI/c1-4-11-24-17-8-6-5-7-16(17)13-21-18(19-3)20-9-10-23-14-15(2)12-22-23;/h4-8,12,14H,1,9-11,13H2,2-3H3,(H2,19,20,21);1H. The number of hydrogen-bond donors (Lipinski definition) is 2. The van der Waals surface area contributed by atoms with Crippen molar-refractivity contribution in [2.45, 2.75) is 20.0 Å². The van der Waals surface area contributed by atoms with Crippen molar-refractivity contribution >= 4 is 29.9 Å². The molecule has 136 valence electrons. The van der Waals surface area contributed by atoms with Gasteiger partial charge in [0.05, 0.1) is 12.7 Å². The van der Waals surface area contributed by atoms with Crippen LogP contribution in [0, 0.1) is 6.92 Å². The van der Waals surface area contributed by atoms with Crippen molar-refractivity contribution in [1.82, 2.24) is 20.4 Å². The van der Waals surface area contributed by atoms with Crippen molar-refractivity contribution in [1.29, 1.82) is 0 Å². The van der Waals surface area contributed by atoms with Crippen LogP contribution in [0.4, 0.5) is 0 Å². The van der Waals surface area contributed by atoms with E-state index in [1.54, 1.807) is 13.1 Å². The van der Waals surface area contributed by atoms with Crippen LogP contribution >= 0.6 is 24.0 Å². The van der Waals surface area contributed by atoms with E-state index in [9.17, 15) is 0 Å². The van der Waals surface area contributed by atoms with E-state index in [1.807, 2.05) is 48.3 Å². The van der Waals surface area contributed by atoms with Crippen molar-refractivity contribution in [3.63, 3.8) is 0 Å². The molecule has 7 heteroatoms. The molecule has 0 radical (unpaired) electrons. The Kier molecular flexibility index (Phi) is 9.68. The third-order valence-electron chi connectivity index (χ3n) is 3.39. The van der Waals surface area contributed by atoms with Crippen LogP contribution in [0.3, 0.4) is 0 Å². The van der Waals surface area contributed by atoms with Crippen molar-refractivity contribution in [2.75, 3.05) is 20.2 Å². The summed E-state index contributed by atoms with van der Waals surface area (Å²) in [4.78, 5) is 4.24. The molecule has 0 spiro atoms. The predicted octanol–water partition coefficient (Wildman–Crippen LogP) is 2.74. The number of nitrogens with one attached hydrogen (secondary N) is 2. The first-order chi connectivity index (χ1) is 11.7. The van der Waals surface area contributed by atoms with E-state index in [2.05, 4.69) is 27.3 Å². The number of aromatic nitrogens is 2. The minimum atomic E-state index is 0. The van der Waals surface area contributed by atoms with Crippen LogP contribution in [-0.4, -0.2) is 35.9 Å². The van der Waals surface area contributed by atoms with Gasteiger partial charge in [-0.2, -0.15) is 5.10 Å². The summed E-state index contributed by atoms with van der Waals surface area (Å²) in [6, 6.07) is 7.94. The maximum Gasteiger partial charge on any atom is 0.191 e. The number of halogens is 1. The highest BCUT2D eigenvalue weighted by Crippen LogP contribution is 2.17. The van der Waals surface area contributed by atoms with E-state index in [0.717, 1.165) is 35.9 Å². The Hall–Kier alpha value is -2.03. The lowest BCUT2D eigenvalue weighted by Crippen LogP contribution is -2.38. The second kappa shape index (κ2) is 11.5. The Bertz CT molecular complexity index is 684. The molecule has 2 N–H and O–H groups in total. The van der Waals surface area contributed by atoms with Crippen LogP contribution in [0.5, 0.6) is 5.75 Å². The summed E-state index contributed by atoms with van der Waals surface area (Å²) in [7, 11) is 1.76. The normalized spacial score (nSPS) is 10.7. The summed E-state index contributed by atoms with van der Waals surface area (Å²) in [6.07, 6.45) is 5.61. The van der Waals surface area contributed by atoms with E-state index < -0.39 is 0 Å². The highest BCUT2D eigenvalue weighted by Gasteiger charge is 2.04. The number of rotatable bonds is 8. The Morgan fingerprint density at radius 2 is 2.16 bits per heavy atom. The lowest BCUT2D eigenvalue weighted by atomic mass is 10.2. The molecule has 2 aromatic rings. The first kappa shape index (κ1) is 21.0. The van der Waals surface area contributed by atoms with Crippen LogP contribution in [0.1, 0.15) is 11.1 Å². The van der Waals surface area contributed by atoms with Crippen molar-refractivity contribution in [3.8, 4) is 5.75 Å². The summed E-state index contributed by atoms with van der Waals surface area (Å²) in [5, 5.41) is 10.8. The van der Waals surface area contributed by atoms with Gasteiger partial charge in [0.15, 0.2) is 5.96 Å². The van der Waals surface area contributed by atoms with E-state index in [-0.39, 0.29) is 24.0 Å². The second-order valence-corrected chi connectivity index (χ2v) is 5.34. The van der Waals surface area contributed by atoms with Gasteiger partial charge in [-0.15, -0.1) is 24.0 Å². The predicted molar refractivity (Wildman–Crippen MR) is 113 cm³/mol. The molecular formula is C18H26IN5O. The number of hydrogen-bond acceptors (Lipinski definition) is 3. The zero-order valence-electron chi connectivity index (χ0n) is 14.7. The molecule has 1 aromatic heterocycles. The Labute approximate surface area is 166 Å². The van der Waals surface area contributed by atoms with Gasteiger partial charge in [-0.1, -0.05) is 30.9 Å². The molecule has 0 aliphatic heterocycles. The lowest BCUT2D eigenvalue weighted by molar-refractivity contribution is 0.358. The summed E-state index contributed by atoms with van der Waals surface area (Å²) < 4.78 is 7.57. The van der Waals surface area contributed by atoms with Crippen LogP contribution < -0.4 is 15.4 Å².